The van der Waals surface area contributed by atoms with E-state index in [1.54, 1.807) is 34.0 Å². The Hall–Kier alpha value is 0.659. The molecule has 25 heteroatoms. The minimum absolute atomic E-state index is 0. The van der Waals surface area contributed by atoms with E-state index in [2.05, 4.69) is 54.2 Å². The van der Waals surface area contributed by atoms with Gasteiger partial charge in [-0.25, -0.2) is 24.5 Å². The average molecular weight is 1290 g/mol. The van der Waals surface area contributed by atoms with E-state index in [0.29, 0.717) is 32.1 Å². The zero-order chi connectivity index (χ0) is 45.3. The fourth-order valence-electron chi connectivity index (χ4n) is 5.65. The summed E-state index contributed by atoms with van der Waals surface area (Å²) in [5, 5.41) is 13.9. The molecule has 0 unspecified atom stereocenters. The van der Waals surface area contributed by atoms with Crippen LogP contribution in [0.25, 0.3) is 5.57 Å². The molecule has 3 aromatic heterocycles. The van der Waals surface area contributed by atoms with Crippen LogP contribution in [0.3, 0.4) is 0 Å². The van der Waals surface area contributed by atoms with Gasteiger partial charge in [-0.15, -0.1) is 0 Å². The molecule has 0 saturated carbocycles. The van der Waals surface area contributed by atoms with Gasteiger partial charge in [-0.2, -0.15) is 13.1 Å². The molecular formula is C41H71BBrCs2N9O9S3. The molecule has 1 N–H and O–H groups in total. The Balaban J connectivity index is -0.000000397. The molecule has 4 aliphatic rings. The number of hydrogen-bond acceptors (Lipinski definition) is 19. The third kappa shape index (κ3) is 26.4. The van der Waals surface area contributed by atoms with Gasteiger partial charge >= 0.3 is 157 Å². The SMILES string of the molecule is Brc1ncns1.C.C.C.CC(C)(C)OC(=O)N1CC=C(B2OC(C)(C)C(C)(C)O2)CC1.CC(C)(C)OC(=O)N1CC=C(c2ncns2)CC1.O=CO[O-].[Cs+].[Cs+].[H-].c1nsc(C2CCNCC2)n1. The molecule has 2 amide bonds. The molecule has 0 radical (unpaired) electrons. The molecule has 18 nitrogen and oxygen atoms in total. The van der Waals surface area contributed by atoms with Gasteiger partial charge in [-0.3, -0.25) is 4.79 Å². The average Bonchev–Trinajstić information content (AvgIpc) is 4.05. The number of carbonyl (C=O) groups is 3. The monoisotopic (exact) mass is 1290 g/mol. The van der Waals surface area contributed by atoms with Crippen LogP contribution in [0.2, 0.25) is 0 Å². The number of halogens is 1. The van der Waals surface area contributed by atoms with Crippen LogP contribution < -0.4 is 148 Å². The van der Waals surface area contributed by atoms with Crippen molar-refractivity contribution in [2.24, 2.45) is 0 Å². The second-order valence-corrected chi connectivity index (χ2v) is 20.5. The van der Waals surface area contributed by atoms with E-state index in [0.717, 1.165) is 45.9 Å². The van der Waals surface area contributed by atoms with Crippen molar-refractivity contribution in [2.75, 3.05) is 39.3 Å². The molecule has 0 bridgehead atoms. The van der Waals surface area contributed by atoms with Crippen molar-refractivity contribution in [3.63, 3.8) is 0 Å². The summed E-state index contributed by atoms with van der Waals surface area (Å²) < 4.78 is 35.4. The summed E-state index contributed by atoms with van der Waals surface area (Å²) >= 11 is 7.39. The van der Waals surface area contributed by atoms with Gasteiger partial charge < -0.3 is 45.5 Å². The van der Waals surface area contributed by atoms with Gasteiger partial charge in [-0.1, -0.05) is 34.4 Å². The molecule has 7 rings (SSSR count). The maximum atomic E-state index is 12.1. The first-order valence-electron chi connectivity index (χ1n) is 19.7. The number of rotatable bonds is 4. The van der Waals surface area contributed by atoms with Crippen LogP contribution in [0.5, 0.6) is 0 Å². The van der Waals surface area contributed by atoms with E-state index in [1.807, 2.05) is 81.4 Å². The number of piperidine rings is 1. The van der Waals surface area contributed by atoms with Gasteiger partial charge in [0.15, 0.2) is 3.92 Å². The van der Waals surface area contributed by atoms with E-state index in [1.165, 1.54) is 47.2 Å². The summed E-state index contributed by atoms with van der Waals surface area (Å²) in [6.07, 6.45) is 12.2. The topological polar surface area (TPSA) is 216 Å². The molecule has 0 atom stereocenters. The number of ether oxygens (including phenoxy) is 2. The maximum Gasteiger partial charge on any atom is 1.00 e. The van der Waals surface area contributed by atoms with Crippen molar-refractivity contribution in [3.05, 3.63) is 50.5 Å². The van der Waals surface area contributed by atoms with Crippen LogP contribution in [-0.2, 0) is 28.5 Å². The first kappa shape index (κ1) is 70.9. The third-order valence-corrected chi connectivity index (χ3v) is 12.0. The summed E-state index contributed by atoms with van der Waals surface area (Å²) in [6, 6.07) is 0. The number of hydrogen-bond donors (Lipinski definition) is 1. The minimum atomic E-state index is -0.465. The Morgan fingerprint density at radius 1 is 0.818 bits per heavy atom. The molecule has 0 spiro atoms. The second-order valence-electron chi connectivity index (χ2n) is 16.9. The predicted molar refractivity (Wildman–Crippen MR) is 258 cm³/mol. The maximum absolute atomic E-state index is 12.1. The molecule has 0 aliphatic carbocycles. The summed E-state index contributed by atoms with van der Waals surface area (Å²) in [5.74, 6) is 0.670. The molecule has 4 aliphatic heterocycles. The fourth-order valence-corrected chi connectivity index (χ4v) is 7.54. The first-order chi connectivity index (χ1) is 28.6. The quantitative estimate of drug-likeness (QED) is 0.172. The molecule has 0 aromatic carbocycles. The number of aromatic nitrogens is 6. The summed E-state index contributed by atoms with van der Waals surface area (Å²) in [5.41, 5.74) is 0.699. The number of carbonyl (C=O) groups excluding carboxylic acids is 3. The van der Waals surface area contributed by atoms with Crippen molar-refractivity contribution in [3.8, 4) is 0 Å². The molecule has 2 fully saturated rings. The van der Waals surface area contributed by atoms with Gasteiger partial charge in [0.2, 0.25) is 0 Å². The Labute approximate surface area is 533 Å². The molecule has 7 heterocycles. The second kappa shape index (κ2) is 34.9. The zero-order valence-corrected chi connectivity index (χ0v) is 55.1. The Morgan fingerprint density at radius 2 is 1.29 bits per heavy atom. The van der Waals surface area contributed by atoms with Crippen LogP contribution in [0.1, 0.15) is 135 Å². The van der Waals surface area contributed by atoms with Gasteiger partial charge in [0.05, 0.1) is 11.2 Å². The molecule has 364 valence electrons. The zero-order valence-electron chi connectivity index (χ0n) is 39.5. The Bertz CT molecular complexity index is 1820. The van der Waals surface area contributed by atoms with Crippen LogP contribution in [0.15, 0.2) is 40.5 Å². The smallest absolute Gasteiger partial charge is 1.00 e. The normalized spacial score (nSPS) is 17.1. The van der Waals surface area contributed by atoms with Crippen LogP contribution >= 0.6 is 50.5 Å². The third-order valence-electron chi connectivity index (χ3n) is 9.39. The summed E-state index contributed by atoms with van der Waals surface area (Å²) in [6.45, 7) is 23.9. The molecular weight excluding hydrogens is 1220 g/mol. The molecule has 2 saturated heterocycles. The van der Waals surface area contributed by atoms with Crippen molar-refractivity contribution in [1.29, 1.82) is 0 Å². The minimum Gasteiger partial charge on any atom is -1.00 e. The van der Waals surface area contributed by atoms with Gasteiger partial charge in [0.25, 0.3) is 6.47 Å². The van der Waals surface area contributed by atoms with E-state index in [9.17, 15) is 9.59 Å². The van der Waals surface area contributed by atoms with E-state index < -0.39 is 11.2 Å². The summed E-state index contributed by atoms with van der Waals surface area (Å²) in [4.78, 5) is 50.7. The standard InChI is InChI=1S/C16H28BNO4.C12H17N3O2S.C7H11N3S.C2HBrN2S.CH2O3.3CH4.2Cs.H/c1-14(2,3)20-13(19)18-10-8-12(9-11-18)17-21-15(4,5)16(6,7)22-17;1-12(2,3)17-11(16)15-6-4-9(5-7-15)10-13-8-14-18-10;1-3-8-4-2-6(1)7-9-5-10-11-7;3-2-4-1-5-6-2;2-1-4-3;;;;;;/h8H,9-11H2,1-7H3;4,8H,5-7H2,1-3H3;5-6,8H,1-4H2;1H;1,3H;3*1H4;;;/q;;;;;;;;2*+1;-1/p-1. The van der Waals surface area contributed by atoms with Crippen LogP contribution in [0.4, 0.5) is 9.59 Å². The van der Waals surface area contributed by atoms with Crippen LogP contribution in [0, 0.1) is 0 Å². The Kier molecular flexibility index (Phi) is 37.5. The first-order valence-corrected chi connectivity index (χ1v) is 22.8. The van der Waals surface area contributed by atoms with Gasteiger partial charge in [-0.05, 0) is 170 Å². The number of nitrogens with zero attached hydrogens (tertiary/aromatic N) is 8. The van der Waals surface area contributed by atoms with Crippen molar-refractivity contribution in [1.82, 2.24) is 43.2 Å². The number of nitrogens with one attached hydrogen (secondary N) is 1. The van der Waals surface area contributed by atoms with Crippen molar-refractivity contribution < 1.29 is 183 Å². The van der Waals surface area contributed by atoms with Crippen molar-refractivity contribution in [2.45, 2.75) is 146 Å². The summed E-state index contributed by atoms with van der Waals surface area (Å²) in [7, 11) is -0.314. The fraction of sp³-hybridized carbons (Fsp3) is 0.683. The predicted octanol–water partition coefficient (Wildman–Crippen LogP) is 2.52. The largest absolute Gasteiger partial charge is 1.00 e. The van der Waals surface area contributed by atoms with Crippen LogP contribution in [-0.4, -0.2) is 125 Å². The van der Waals surface area contributed by atoms with E-state index in [-0.39, 0.29) is 198 Å². The van der Waals surface area contributed by atoms with Crippen molar-refractivity contribution >= 4 is 81.9 Å². The van der Waals surface area contributed by atoms with E-state index >= 15 is 0 Å². The number of amides is 2. The molecule has 66 heavy (non-hydrogen) atoms. The van der Waals surface area contributed by atoms with Gasteiger partial charge in [0, 0.05) is 32.1 Å². The van der Waals surface area contributed by atoms with E-state index in [4.69, 9.17) is 28.8 Å². The molecule has 3 aromatic rings. The Morgan fingerprint density at radius 3 is 1.64 bits per heavy atom. The van der Waals surface area contributed by atoms with Gasteiger partial charge in [0.1, 0.15) is 40.2 Å².